The largest absolute Gasteiger partial charge is 0.311 e. The first-order valence-electron chi connectivity index (χ1n) is 6.32. The van der Waals surface area contributed by atoms with Gasteiger partial charge in [0.1, 0.15) is 11.6 Å². The molecule has 0 aliphatic carbocycles. The molecule has 2 aromatic rings. The minimum Gasteiger partial charge on any atom is -0.311 e. The molecule has 19 heavy (non-hydrogen) atoms. The average Bonchev–Trinajstić information content (AvgIpc) is 2.38. The Morgan fingerprint density at radius 1 is 1.26 bits per heavy atom. The topological polar surface area (TPSA) is 37.8 Å². The molecule has 1 N–H and O–H groups in total. The smallest absolute Gasteiger partial charge is 0.125 e. The molecule has 0 amide bonds. The second-order valence-electron chi connectivity index (χ2n) is 4.64. The number of likely N-dealkylation sites (N-methyl/N-ethyl adjacent to an activating group) is 1. The predicted octanol–water partition coefficient (Wildman–Crippen LogP) is 2.74. The fourth-order valence-electron chi connectivity index (χ4n) is 2.13. The zero-order valence-corrected chi connectivity index (χ0v) is 11.4. The number of rotatable bonds is 4. The lowest BCUT2D eigenvalue weighted by Crippen LogP contribution is -2.21. The molecule has 4 heteroatoms. The molecule has 0 fully saturated rings. The monoisotopic (exact) mass is 259 g/mol. The lowest BCUT2D eigenvalue weighted by atomic mass is 9.99. The number of aromatic nitrogens is 2. The van der Waals surface area contributed by atoms with E-state index in [2.05, 4.69) is 15.3 Å². The van der Waals surface area contributed by atoms with E-state index in [-0.39, 0.29) is 11.9 Å². The van der Waals surface area contributed by atoms with Crippen LogP contribution in [0.5, 0.6) is 0 Å². The van der Waals surface area contributed by atoms with Crippen LogP contribution in [0.2, 0.25) is 0 Å². The van der Waals surface area contributed by atoms with Crippen LogP contribution < -0.4 is 5.32 Å². The molecular formula is C15H18FN3. The fraction of sp³-hybridized carbons (Fsp3) is 0.333. The molecule has 1 atom stereocenters. The van der Waals surface area contributed by atoms with E-state index in [0.29, 0.717) is 0 Å². The zero-order chi connectivity index (χ0) is 13.8. The van der Waals surface area contributed by atoms with Crippen molar-refractivity contribution in [3.05, 3.63) is 58.9 Å². The van der Waals surface area contributed by atoms with Gasteiger partial charge in [0.05, 0.1) is 11.7 Å². The number of hydrogen-bond acceptors (Lipinski definition) is 3. The quantitative estimate of drug-likeness (QED) is 0.917. The number of aryl methyl sites for hydroxylation is 2. The Morgan fingerprint density at radius 2 is 2.05 bits per heavy atom. The van der Waals surface area contributed by atoms with Crippen molar-refractivity contribution < 1.29 is 4.39 Å². The number of halogens is 1. The molecule has 0 aliphatic heterocycles. The van der Waals surface area contributed by atoms with Gasteiger partial charge in [0.2, 0.25) is 0 Å². The highest BCUT2D eigenvalue weighted by atomic mass is 19.1. The summed E-state index contributed by atoms with van der Waals surface area (Å²) in [5.74, 6) is 0.564. The second kappa shape index (κ2) is 5.89. The third-order valence-corrected chi connectivity index (χ3v) is 3.23. The zero-order valence-electron chi connectivity index (χ0n) is 11.4. The van der Waals surface area contributed by atoms with Gasteiger partial charge in [-0.1, -0.05) is 6.07 Å². The van der Waals surface area contributed by atoms with Crippen molar-refractivity contribution >= 4 is 0 Å². The molecule has 0 saturated heterocycles. The molecule has 100 valence electrons. The summed E-state index contributed by atoms with van der Waals surface area (Å²) in [4.78, 5) is 8.54. The summed E-state index contributed by atoms with van der Waals surface area (Å²) in [5.41, 5.74) is 3.04. The lowest BCUT2D eigenvalue weighted by Gasteiger charge is -2.17. The second-order valence-corrected chi connectivity index (χ2v) is 4.64. The van der Waals surface area contributed by atoms with Crippen LogP contribution in [0.3, 0.4) is 0 Å². The summed E-state index contributed by atoms with van der Waals surface area (Å²) >= 11 is 0. The van der Waals surface area contributed by atoms with E-state index in [0.717, 1.165) is 29.1 Å². The Kier molecular flexibility index (Phi) is 4.22. The highest BCUT2D eigenvalue weighted by Gasteiger charge is 2.13. The molecule has 0 bridgehead atoms. The van der Waals surface area contributed by atoms with Gasteiger partial charge in [-0.2, -0.15) is 0 Å². The number of nitrogens with one attached hydrogen (secondary N) is 1. The van der Waals surface area contributed by atoms with Crippen molar-refractivity contribution in [3.63, 3.8) is 0 Å². The van der Waals surface area contributed by atoms with Crippen LogP contribution in [0.15, 0.2) is 30.5 Å². The Hall–Kier alpha value is -1.81. The van der Waals surface area contributed by atoms with Crippen LogP contribution in [0.1, 0.15) is 28.7 Å². The van der Waals surface area contributed by atoms with Crippen LogP contribution in [0, 0.1) is 19.7 Å². The molecule has 1 heterocycles. The summed E-state index contributed by atoms with van der Waals surface area (Å²) in [6, 6.07) is 6.91. The Morgan fingerprint density at radius 3 is 2.68 bits per heavy atom. The highest BCUT2D eigenvalue weighted by Crippen LogP contribution is 2.19. The lowest BCUT2D eigenvalue weighted by molar-refractivity contribution is 0.568. The maximum atomic E-state index is 13.1. The third kappa shape index (κ3) is 3.35. The van der Waals surface area contributed by atoms with Crippen molar-refractivity contribution in [2.45, 2.75) is 26.3 Å². The number of benzene rings is 1. The van der Waals surface area contributed by atoms with Crippen molar-refractivity contribution in [2.24, 2.45) is 0 Å². The molecular weight excluding hydrogens is 241 g/mol. The van der Waals surface area contributed by atoms with Gasteiger partial charge in [0.25, 0.3) is 0 Å². The Bertz CT molecular complexity index is 569. The van der Waals surface area contributed by atoms with Gasteiger partial charge in [-0.25, -0.2) is 14.4 Å². The highest BCUT2D eigenvalue weighted by molar-refractivity contribution is 5.28. The summed E-state index contributed by atoms with van der Waals surface area (Å²) in [5, 5.41) is 3.25. The molecule has 3 nitrogen and oxygen atoms in total. The van der Waals surface area contributed by atoms with Crippen LogP contribution in [-0.4, -0.2) is 17.0 Å². The molecule has 1 aromatic heterocycles. The minimum absolute atomic E-state index is 0.103. The first kappa shape index (κ1) is 13.6. The molecule has 0 aliphatic rings. The van der Waals surface area contributed by atoms with Crippen LogP contribution in [0.4, 0.5) is 4.39 Å². The van der Waals surface area contributed by atoms with E-state index in [1.165, 1.54) is 6.07 Å². The predicted molar refractivity (Wildman–Crippen MR) is 73.4 cm³/mol. The van der Waals surface area contributed by atoms with E-state index >= 15 is 0 Å². The Labute approximate surface area is 112 Å². The molecule has 0 saturated carbocycles. The van der Waals surface area contributed by atoms with Gasteiger partial charge < -0.3 is 5.32 Å². The molecule has 2 rings (SSSR count). The maximum Gasteiger partial charge on any atom is 0.125 e. The Balaban J connectivity index is 2.24. The maximum absolute atomic E-state index is 13.1. The van der Waals surface area contributed by atoms with Crippen LogP contribution in [-0.2, 0) is 6.42 Å². The average molecular weight is 259 g/mol. The summed E-state index contributed by atoms with van der Waals surface area (Å²) in [7, 11) is 1.90. The van der Waals surface area contributed by atoms with E-state index in [1.54, 1.807) is 12.3 Å². The first-order chi connectivity index (χ1) is 9.10. The fourth-order valence-corrected chi connectivity index (χ4v) is 2.13. The molecule has 1 unspecified atom stereocenters. The minimum atomic E-state index is -0.194. The van der Waals surface area contributed by atoms with Gasteiger partial charge in [-0.05, 0) is 56.6 Å². The van der Waals surface area contributed by atoms with E-state index in [4.69, 9.17) is 0 Å². The van der Waals surface area contributed by atoms with Gasteiger partial charge >= 0.3 is 0 Å². The molecule has 1 aromatic carbocycles. The normalized spacial score (nSPS) is 12.4. The number of nitrogens with zero attached hydrogens (tertiary/aromatic N) is 2. The van der Waals surface area contributed by atoms with Crippen molar-refractivity contribution in [1.29, 1.82) is 0 Å². The third-order valence-electron chi connectivity index (χ3n) is 3.23. The molecule has 0 spiro atoms. The van der Waals surface area contributed by atoms with E-state index < -0.39 is 0 Å². The van der Waals surface area contributed by atoms with Gasteiger partial charge in [-0.3, -0.25) is 0 Å². The van der Waals surface area contributed by atoms with Gasteiger partial charge in [0.15, 0.2) is 0 Å². The van der Waals surface area contributed by atoms with Crippen molar-refractivity contribution in [1.82, 2.24) is 15.3 Å². The van der Waals surface area contributed by atoms with Crippen LogP contribution >= 0.6 is 0 Å². The summed E-state index contributed by atoms with van der Waals surface area (Å²) in [6.45, 7) is 3.80. The van der Waals surface area contributed by atoms with Crippen molar-refractivity contribution in [2.75, 3.05) is 7.05 Å². The molecule has 0 radical (unpaired) electrons. The first-order valence-corrected chi connectivity index (χ1v) is 6.32. The van der Waals surface area contributed by atoms with E-state index in [1.807, 2.05) is 33.0 Å². The van der Waals surface area contributed by atoms with Crippen molar-refractivity contribution in [3.8, 4) is 0 Å². The number of hydrogen-bond donors (Lipinski definition) is 1. The van der Waals surface area contributed by atoms with E-state index in [9.17, 15) is 4.39 Å². The summed E-state index contributed by atoms with van der Waals surface area (Å²) < 4.78 is 13.1. The standard InChI is InChI=1S/C15H18FN3/c1-10-8-13(16)5-4-12(10)9-15(17-3)14-6-7-18-11(2)19-14/h4-8,15,17H,9H2,1-3H3. The van der Waals surface area contributed by atoms with Gasteiger partial charge in [-0.15, -0.1) is 0 Å². The summed E-state index contributed by atoms with van der Waals surface area (Å²) in [6.07, 6.45) is 2.54. The SMILES string of the molecule is CNC(Cc1ccc(F)cc1C)c1ccnc(C)n1. The van der Waals surface area contributed by atoms with Crippen LogP contribution in [0.25, 0.3) is 0 Å². The van der Waals surface area contributed by atoms with Gasteiger partial charge in [0, 0.05) is 6.20 Å².